The first kappa shape index (κ1) is 13.3. The lowest BCUT2D eigenvalue weighted by Gasteiger charge is -2.16. The van der Waals surface area contributed by atoms with Crippen LogP contribution in [0.15, 0.2) is 43.0 Å². The minimum atomic E-state index is -0.744. The molecule has 0 aliphatic carbocycles. The Morgan fingerprint density at radius 1 is 1.47 bits per heavy atom. The standard InChI is InChI=1S/C15H17NO3/c1-3-12-10-16(9-11-7-5-4-6-8-11)14(17)13(12)15(18)19-2/h3-8,12-13H,1,9-10H2,2H3/t12-,13+/m1/s1. The molecule has 0 N–H and O–H groups in total. The van der Waals surface area contributed by atoms with Crippen molar-refractivity contribution in [2.45, 2.75) is 6.54 Å². The van der Waals surface area contributed by atoms with Crippen molar-refractivity contribution < 1.29 is 14.3 Å². The number of rotatable bonds is 4. The number of hydrogen-bond acceptors (Lipinski definition) is 3. The number of likely N-dealkylation sites (tertiary alicyclic amines) is 1. The summed E-state index contributed by atoms with van der Waals surface area (Å²) in [5.41, 5.74) is 1.05. The highest BCUT2D eigenvalue weighted by atomic mass is 16.5. The van der Waals surface area contributed by atoms with Crippen molar-refractivity contribution in [2.24, 2.45) is 11.8 Å². The van der Waals surface area contributed by atoms with Crippen molar-refractivity contribution in [3.8, 4) is 0 Å². The number of amides is 1. The molecule has 0 radical (unpaired) electrons. The largest absolute Gasteiger partial charge is 0.468 e. The maximum Gasteiger partial charge on any atom is 0.318 e. The van der Waals surface area contributed by atoms with Crippen molar-refractivity contribution in [1.82, 2.24) is 4.90 Å². The van der Waals surface area contributed by atoms with Crippen LogP contribution in [0.4, 0.5) is 0 Å². The Morgan fingerprint density at radius 2 is 2.16 bits per heavy atom. The van der Waals surface area contributed by atoms with Crippen LogP contribution in [-0.4, -0.2) is 30.4 Å². The van der Waals surface area contributed by atoms with Crippen LogP contribution in [-0.2, 0) is 20.9 Å². The van der Waals surface area contributed by atoms with Gasteiger partial charge in [0.05, 0.1) is 7.11 Å². The summed E-state index contributed by atoms with van der Waals surface area (Å²) in [5.74, 6) is -1.58. The molecule has 0 spiro atoms. The Balaban J connectivity index is 2.14. The molecule has 1 aromatic carbocycles. The van der Waals surface area contributed by atoms with E-state index in [-0.39, 0.29) is 11.8 Å². The van der Waals surface area contributed by atoms with Gasteiger partial charge in [0.15, 0.2) is 0 Å². The number of methoxy groups -OCH3 is 1. The summed E-state index contributed by atoms with van der Waals surface area (Å²) >= 11 is 0. The molecule has 1 aromatic rings. The highest BCUT2D eigenvalue weighted by molar-refractivity contribution is 6.00. The fourth-order valence-corrected chi connectivity index (χ4v) is 2.39. The average Bonchev–Trinajstić information content (AvgIpc) is 2.76. The summed E-state index contributed by atoms with van der Waals surface area (Å²) in [4.78, 5) is 25.6. The van der Waals surface area contributed by atoms with Crippen LogP contribution in [0.5, 0.6) is 0 Å². The zero-order valence-corrected chi connectivity index (χ0v) is 10.9. The zero-order chi connectivity index (χ0) is 13.8. The first-order valence-electron chi connectivity index (χ1n) is 6.20. The number of carbonyl (C=O) groups is 2. The topological polar surface area (TPSA) is 46.6 Å². The lowest BCUT2D eigenvalue weighted by atomic mass is 9.96. The summed E-state index contributed by atoms with van der Waals surface area (Å²) in [5, 5.41) is 0. The third-order valence-corrected chi connectivity index (χ3v) is 3.41. The highest BCUT2D eigenvalue weighted by Crippen LogP contribution is 2.28. The molecule has 1 aliphatic heterocycles. The van der Waals surface area contributed by atoms with E-state index in [1.54, 1.807) is 11.0 Å². The Hall–Kier alpha value is -2.10. The molecule has 2 atom stereocenters. The zero-order valence-electron chi connectivity index (χ0n) is 10.9. The molecule has 2 rings (SSSR count). The van der Waals surface area contributed by atoms with Gasteiger partial charge in [-0.3, -0.25) is 9.59 Å². The Kier molecular flexibility index (Phi) is 4.00. The van der Waals surface area contributed by atoms with Gasteiger partial charge in [-0.15, -0.1) is 6.58 Å². The summed E-state index contributed by atoms with van der Waals surface area (Å²) in [7, 11) is 1.30. The molecule has 1 amide bonds. The van der Waals surface area contributed by atoms with E-state index in [0.717, 1.165) is 5.56 Å². The second-order valence-corrected chi connectivity index (χ2v) is 4.60. The van der Waals surface area contributed by atoms with Gasteiger partial charge in [0.25, 0.3) is 0 Å². The number of ether oxygens (including phenoxy) is 1. The molecule has 0 saturated carbocycles. The molecule has 1 saturated heterocycles. The first-order valence-corrected chi connectivity index (χ1v) is 6.20. The molecule has 4 heteroatoms. The van der Waals surface area contributed by atoms with Crippen LogP contribution in [0.3, 0.4) is 0 Å². The third kappa shape index (κ3) is 2.67. The summed E-state index contributed by atoms with van der Waals surface area (Å²) < 4.78 is 4.70. The van der Waals surface area contributed by atoms with Gasteiger partial charge in [-0.25, -0.2) is 0 Å². The second kappa shape index (κ2) is 5.69. The van der Waals surface area contributed by atoms with Crippen molar-refractivity contribution in [1.29, 1.82) is 0 Å². The monoisotopic (exact) mass is 259 g/mol. The maximum atomic E-state index is 12.3. The third-order valence-electron chi connectivity index (χ3n) is 3.41. The molecular formula is C15H17NO3. The van der Waals surface area contributed by atoms with Crippen LogP contribution >= 0.6 is 0 Å². The maximum absolute atomic E-state index is 12.3. The fourth-order valence-electron chi connectivity index (χ4n) is 2.39. The van der Waals surface area contributed by atoms with Crippen molar-refractivity contribution in [2.75, 3.05) is 13.7 Å². The minimum absolute atomic E-state index is 0.177. The van der Waals surface area contributed by atoms with Gasteiger partial charge in [0.2, 0.25) is 5.91 Å². The summed E-state index contributed by atoms with van der Waals surface area (Å²) in [6.07, 6.45) is 1.66. The van der Waals surface area contributed by atoms with E-state index in [1.807, 2.05) is 30.3 Å². The number of benzene rings is 1. The van der Waals surface area contributed by atoms with Crippen LogP contribution in [0.25, 0.3) is 0 Å². The molecule has 0 unspecified atom stereocenters. The average molecular weight is 259 g/mol. The Bertz CT molecular complexity index is 483. The van der Waals surface area contributed by atoms with E-state index in [1.165, 1.54) is 7.11 Å². The predicted molar refractivity (Wildman–Crippen MR) is 71.1 cm³/mol. The smallest absolute Gasteiger partial charge is 0.318 e. The van der Waals surface area contributed by atoms with Crippen molar-refractivity contribution in [3.63, 3.8) is 0 Å². The molecule has 1 heterocycles. The first-order chi connectivity index (χ1) is 9.17. The minimum Gasteiger partial charge on any atom is -0.468 e. The number of carbonyl (C=O) groups excluding carboxylic acids is 2. The molecule has 0 bridgehead atoms. The lowest BCUT2D eigenvalue weighted by Crippen LogP contribution is -2.31. The van der Waals surface area contributed by atoms with Gasteiger partial charge >= 0.3 is 5.97 Å². The van der Waals surface area contributed by atoms with E-state index >= 15 is 0 Å². The van der Waals surface area contributed by atoms with Crippen LogP contribution in [0.1, 0.15) is 5.56 Å². The predicted octanol–water partition coefficient (Wildman–Crippen LogP) is 1.62. The summed E-state index contributed by atoms with van der Waals surface area (Å²) in [6.45, 7) is 4.72. The Labute approximate surface area is 112 Å². The molecule has 4 nitrogen and oxygen atoms in total. The van der Waals surface area contributed by atoms with E-state index in [9.17, 15) is 9.59 Å². The van der Waals surface area contributed by atoms with Gasteiger partial charge in [-0.2, -0.15) is 0 Å². The number of nitrogens with zero attached hydrogens (tertiary/aromatic N) is 1. The second-order valence-electron chi connectivity index (χ2n) is 4.60. The van der Waals surface area contributed by atoms with E-state index in [0.29, 0.717) is 13.1 Å². The molecule has 1 fully saturated rings. The van der Waals surface area contributed by atoms with Gasteiger partial charge in [-0.1, -0.05) is 36.4 Å². The van der Waals surface area contributed by atoms with Crippen LogP contribution in [0.2, 0.25) is 0 Å². The fraction of sp³-hybridized carbons (Fsp3) is 0.333. The van der Waals surface area contributed by atoms with E-state index in [2.05, 4.69) is 6.58 Å². The van der Waals surface area contributed by atoms with E-state index < -0.39 is 11.9 Å². The van der Waals surface area contributed by atoms with E-state index in [4.69, 9.17) is 4.74 Å². The highest BCUT2D eigenvalue weighted by Gasteiger charge is 2.44. The normalized spacial score (nSPS) is 22.4. The van der Waals surface area contributed by atoms with Crippen molar-refractivity contribution >= 4 is 11.9 Å². The van der Waals surface area contributed by atoms with Crippen molar-refractivity contribution in [3.05, 3.63) is 48.6 Å². The SMILES string of the molecule is C=C[C@@H]1CN(Cc2ccccc2)C(=O)[C@H]1C(=O)OC. The summed E-state index contributed by atoms with van der Waals surface area (Å²) in [6, 6.07) is 9.71. The Morgan fingerprint density at radius 3 is 2.74 bits per heavy atom. The van der Waals surface area contributed by atoms with Crippen LogP contribution in [0, 0.1) is 11.8 Å². The van der Waals surface area contributed by atoms with Gasteiger partial charge < -0.3 is 9.64 Å². The molecule has 19 heavy (non-hydrogen) atoms. The number of hydrogen-bond donors (Lipinski definition) is 0. The van der Waals surface area contributed by atoms with Crippen LogP contribution < -0.4 is 0 Å². The molecule has 1 aliphatic rings. The van der Waals surface area contributed by atoms with Gasteiger partial charge in [0, 0.05) is 19.0 Å². The molecule has 0 aromatic heterocycles. The molecular weight excluding hydrogens is 242 g/mol. The van der Waals surface area contributed by atoms with Gasteiger partial charge in [-0.05, 0) is 5.56 Å². The van der Waals surface area contributed by atoms with Gasteiger partial charge in [0.1, 0.15) is 5.92 Å². The molecule has 100 valence electrons. The lowest BCUT2D eigenvalue weighted by molar-refractivity contribution is -0.151. The number of esters is 1. The quantitative estimate of drug-likeness (QED) is 0.469.